The Bertz CT molecular complexity index is 1320. The largest absolute Gasteiger partial charge is 0.508 e. The molecular weight excluding hydrogens is 538 g/mol. The molecule has 226 valence electrons. The van der Waals surface area contributed by atoms with E-state index in [0.717, 1.165) is 22.3 Å². The second-order valence-corrected chi connectivity index (χ2v) is 10.2. The van der Waals surface area contributed by atoms with E-state index in [1.165, 1.54) is 0 Å². The summed E-state index contributed by atoms with van der Waals surface area (Å²) in [4.78, 5) is 31.6. The number of hydrogen-bond acceptors (Lipinski definition) is 9. The Morgan fingerprint density at radius 2 is 1.64 bits per heavy atom. The average molecular weight is 580 g/mol. The van der Waals surface area contributed by atoms with Crippen molar-refractivity contribution in [3.63, 3.8) is 0 Å². The molecule has 0 aliphatic carbocycles. The molecule has 1 heterocycles. The molecule has 42 heavy (non-hydrogen) atoms. The number of aromatic nitrogens is 2. The van der Waals surface area contributed by atoms with Crippen LogP contribution in [0.4, 0.5) is 0 Å². The molecule has 0 unspecified atom stereocenters. The molecular formula is C29H41N9O4. The lowest BCUT2D eigenvalue weighted by molar-refractivity contribution is -0.130. The van der Waals surface area contributed by atoms with Crippen molar-refractivity contribution >= 4 is 17.8 Å². The third-order valence-electron chi connectivity index (χ3n) is 6.82. The van der Waals surface area contributed by atoms with Crippen LogP contribution >= 0.6 is 0 Å². The Balaban J connectivity index is 1.87. The van der Waals surface area contributed by atoms with Crippen LogP contribution in [0.25, 0.3) is 0 Å². The van der Waals surface area contributed by atoms with Gasteiger partial charge >= 0.3 is 0 Å². The molecule has 0 saturated carbocycles. The second kappa shape index (κ2) is 15.5. The molecule has 3 atom stereocenters. The first-order chi connectivity index (χ1) is 20.1. The molecule has 0 fully saturated rings. The van der Waals surface area contributed by atoms with Gasteiger partial charge in [-0.2, -0.15) is 4.98 Å². The third kappa shape index (κ3) is 9.28. The number of aryl methyl sites for hydroxylation is 2. The highest BCUT2D eigenvalue weighted by atomic mass is 16.5. The minimum Gasteiger partial charge on any atom is -0.508 e. The lowest BCUT2D eigenvalue weighted by Crippen LogP contribution is -2.56. The van der Waals surface area contributed by atoms with E-state index in [1.807, 2.05) is 44.2 Å². The van der Waals surface area contributed by atoms with Gasteiger partial charge in [0.1, 0.15) is 23.9 Å². The molecule has 11 N–H and O–H groups in total. The van der Waals surface area contributed by atoms with Gasteiger partial charge in [0, 0.05) is 12.8 Å². The summed E-state index contributed by atoms with van der Waals surface area (Å²) in [6.45, 7) is 4.20. The third-order valence-corrected chi connectivity index (χ3v) is 6.82. The number of carbonyl (C=O) groups is 2. The van der Waals surface area contributed by atoms with Crippen molar-refractivity contribution < 1.29 is 19.2 Å². The van der Waals surface area contributed by atoms with Gasteiger partial charge in [-0.15, -0.1) is 0 Å². The first kappa shape index (κ1) is 32.0. The van der Waals surface area contributed by atoms with E-state index in [0.29, 0.717) is 31.6 Å². The monoisotopic (exact) mass is 579 g/mol. The van der Waals surface area contributed by atoms with Crippen molar-refractivity contribution in [2.45, 2.75) is 64.1 Å². The quantitative estimate of drug-likeness (QED) is 0.0932. The van der Waals surface area contributed by atoms with Crippen LogP contribution in [0, 0.1) is 19.3 Å². The first-order valence-electron chi connectivity index (χ1n) is 13.9. The van der Waals surface area contributed by atoms with Crippen LogP contribution < -0.4 is 33.2 Å². The highest BCUT2D eigenvalue weighted by Crippen LogP contribution is 2.23. The van der Waals surface area contributed by atoms with Gasteiger partial charge in [-0.25, -0.2) is 0 Å². The Kier molecular flexibility index (Phi) is 11.8. The van der Waals surface area contributed by atoms with Crippen molar-refractivity contribution in [2.75, 3.05) is 13.1 Å². The molecule has 0 saturated heterocycles. The van der Waals surface area contributed by atoms with Crippen molar-refractivity contribution in [3.05, 3.63) is 76.4 Å². The number of guanidine groups is 1. The van der Waals surface area contributed by atoms with Crippen LogP contribution in [0.3, 0.4) is 0 Å². The zero-order valence-electron chi connectivity index (χ0n) is 24.0. The van der Waals surface area contributed by atoms with Crippen molar-refractivity contribution in [1.82, 2.24) is 26.1 Å². The fourth-order valence-corrected chi connectivity index (χ4v) is 4.71. The first-order valence-corrected chi connectivity index (χ1v) is 13.9. The van der Waals surface area contributed by atoms with E-state index in [9.17, 15) is 14.7 Å². The van der Waals surface area contributed by atoms with Gasteiger partial charge in [-0.1, -0.05) is 35.5 Å². The molecule has 0 bridgehead atoms. The second-order valence-electron chi connectivity index (χ2n) is 10.2. The number of nitrogens with one attached hydrogen (secondary N) is 4. The fraction of sp³-hybridized carbons (Fsp3) is 0.414. The predicted molar refractivity (Wildman–Crippen MR) is 158 cm³/mol. The number of hydrogen-bond donors (Lipinski definition) is 8. The molecule has 2 amide bonds. The maximum atomic E-state index is 13.8. The van der Waals surface area contributed by atoms with Gasteiger partial charge in [0.15, 0.2) is 11.8 Å². The summed E-state index contributed by atoms with van der Waals surface area (Å²) in [6.07, 6.45) is 1.82. The number of nitrogens with zero attached hydrogens (tertiary/aromatic N) is 2. The summed E-state index contributed by atoms with van der Waals surface area (Å²) in [7, 11) is 0. The Morgan fingerprint density at radius 1 is 0.976 bits per heavy atom. The molecule has 2 aromatic carbocycles. The fourth-order valence-electron chi connectivity index (χ4n) is 4.71. The number of benzene rings is 2. The van der Waals surface area contributed by atoms with E-state index < -0.39 is 29.9 Å². The van der Waals surface area contributed by atoms with Gasteiger partial charge in [0.25, 0.3) is 0 Å². The summed E-state index contributed by atoms with van der Waals surface area (Å²) in [6, 6.07) is 10.3. The topological polar surface area (TPSA) is 231 Å². The lowest BCUT2D eigenvalue weighted by Gasteiger charge is -2.25. The summed E-state index contributed by atoms with van der Waals surface area (Å²) >= 11 is 0. The van der Waals surface area contributed by atoms with Crippen LogP contribution in [0.5, 0.6) is 5.75 Å². The maximum Gasteiger partial charge on any atom is 0.249 e. The van der Waals surface area contributed by atoms with E-state index >= 15 is 0 Å². The standard InChI is InChI=1S/C29H41N9O4/c1-17-13-20(39)14-18(2)21(17)16-24(35-26(40)22(10-12-31)36-29(32)33)27(41)34-23(9-6-11-30)28-37-25(38-42-28)15-19-7-4-3-5-8-19/h3-5,7-8,13-14,22-24,39H,6,9-12,15-16,30-31H2,1-2H3,(H,34,41)(H,35,40)(H4,32,33,36)/t22-,23-,24+/m1/s1. The number of aromatic hydroxyl groups is 1. The maximum absolute atomic E-state index is 13.8. The van der Waals surface area contributed by atoms with Crippen LogP contribution in [0.2, 0.25) is 0 Å². The molecule has 0 spiro atoms. The summed E-state index contributed by atoms with van der Waals surface area (Å²) in [5.41, 5.74) is 20.3. The molecule has 3 rings (SSSR count). The highest BCUT2D eigenvalue weighted by molar-refractivity contribution is 5.92. The Morgan fingerprint density at radius 3 is 2.26 bits per heavy atom. The Hall–Kier alpha value is -4.49. The molecule has 0 radical (unpaired) electrons. The van der Waals surface area contributed by atoms with Crippen LogP contribution in [0.15, 0.2) is 47.0 Å². The van der Waals surface area contributed by atoms with Gasteiger partial charge in [-0.05, 0) is 80.6 Å². The van der Waals surface area contributed by atoms with Crippen LogP contribution in [-0.4, -0.2) is 58.2 Å². The molecule has 0 aliphatic rings. The van der Waals surface area contributed by atoms with E-state index in [-0.39, 0.29) is 37.0 Å². The number of phenolic OH excluding ortho intramolecular Hbond substituents is 1. The van der Waals surface area contributed by atoms with Gasteiger partial charge in [-0.3, -0.25) is 15.0 Å². The summed E-state index contributed by atoms with van der Waals surface area (Å²) in [5, 5.41) is 30.0. The minimum atomic E-state index is -1.03. The number of phenols is 1. The minimum absolute atomic E-state index is 0.108. The van der Waals surface area contributed by atoms with Gasteiger partial charge in [0.05, 0.1) is 0 Å². The van der Waals surface area contributed by atoms with Crippen LogP contribution in [0.1, 0.15) is 59.3 Å². The smallest absolute Gasteiger partial charge is 0.249 e. The average Bonchev–Trinajstić information content (AvgIpc) is 3.40. The zero-order valence-corrected chi connectivity index (χ0v) is 24.0. The normalized spacial score (nSPS) is 13.1. The zero-order chi connectivity index (χ0) is 30.6. The SMILES string of the molecule is Cc1cc(O)cc(C)c1C[C@H](NC(=O)[C@@H](CCN)NC(=N)N)C(=O)N[C@H](CCCN)c1nc(Cc2ccccc2)no1. The molecule has 13 heteroatoms. The van der Waals surface area contributed by atoms with Crippen LogP contribution in [-0.2, 0) is 22.4 Å². The molecule has 1 aromatic heterocycles. The van der Waals surface area contributed by atoms with E-state index in [1.54, 1.807) is 12.1 Å². The number of carbonyl (C=O) groups excluding carboxylic acids is 2. The number of amides is 2. The number of rotatable bonds is 15. The Labute approximate surface area is 245 Å². The van der Waals surface area contributed by atoms with E-state index in [4.69, 9.17) is 27.1 Å². The lowest BCUT2D eigenvalue weighted by atomic mass is 9.95. The molecule has 0 aliphatic heterocycles. The summed E-state index contributed by atoms with van der Waals surface area (Å²) in [5.74, 6) is -0.579. The van der Waals surface area contributed by atoms with Gasteiger partial charge < -0.3 is 42.8 Å². The van der Waals surface area contributed by atoms with E-state index in [2.05, 4.69) is 26.1 Å². The predicted octanol–water partition coefficient (Wildman–Crippen LogP) is 0.807. The van der Waals surface area contributed by atoms with Crippen molar-refractivity contribution in [1.29, 1.82) is 5.41 Å². The highest BCUT2D eigenvalue weighted by Gasteiger charge is 2.30. The van der Waals surface area contributed by atoms with Gasteiger partial charge in [0.2, 0.25) is 17.7 Å². The molecule has 3 aromatic rings. The van der Waals surface area contributed by atoms with Crippen molar-refractivity contribution in [3.8, 4) is 5.75 Å². The summed E-state index contributed by atoms with van der Waals surface area (Å²) < 4.78 is 5.55. The van der Waals surface area contributed by atoms with Crippen molar-refractivity contribution in [2.24, 2.45) is 17.2 Å². The number of nitrogens with two attached hydrogens (primary N) is 3. The molecule has 13 nitrogen and oxygen atoms in total.